The molecule has 2 aliphatic heterocycles. The molecule has 0 unspecified atom stereocenters. The van der Waals surface area contributed by atoms with Crippen molar-refractivity contribution in [3.63, 3.8) is 0 Å². The molecule has 226 valence electrons. The second-order valence-electron chi connectivity index (χ2n) is 11.6. The number of nitrogens with two attached hydrogens (primary N) is 1. The first-order chi connectivity index (χ1) is 20.7. The van der Waals surface area contributed by atoms with Crippen molar-refractivity contribution in [2.24, 2.45) is 5.41 Å². The van der Waals surface area contributed by atoms with Crippen molar-refractivity contribution in [1.29, 1.82) is 0 Å². The second kappa shape index (κ2) is 11.9. The van der Waals surface area contributed by atoms with Gasteiger partial charge in [0.05, 0.1) is 5.69 Å². The minimum absolute atomic E-state index is 0.177. The van der Waals surface area contributed by atoms with Gasteiger partial charge in [-0.3, -0.25) is 9.69 Å². The first kappa shape index (κ1) is 29.0. The number of nitrogen functional groups attached to an aromatic ring is 1. The number of nitrogens with zero attached hydrogens (tertiary/aromatic N) is 5. The lowest BCUT2D eigenvalue weighted by Gasteiger charge is -2.44. The van der Waals surface area contributed by atoms with E-state index in [2.05, 4.69) is 31.9 Å². The molecule has 1 aliphatic carbocycles. The van der Waals surface area contributed by atoms with Crippen molar-refractivity contribution in [3.8, 4) is 17.0 Å². The molecule has 0 saturated carbocycles. The summed E-state index contributed by atoms with van der Waals surface area (Å²) in [6.45, 7) is 6.60. The highest BCUT2D eigenvalue weighted by atomic mass is 35.5. The number of carbonyl (C=O) groups is 2. The topological polar surface area (TPSA) is 134 Å². The van der Waals surface area contributed by atoms with Crippen LogP contribution in [0.2, 0.25) is 5.02 Å². The Morgan fingerprint density at radius 1 is 1.05 bits per heavy atom. The van der Waals surface area contributed by atoms with Gasteiger partial charge in [-0.25, -0.2) is 9.78 Å². The Hall–Kier alpha value is -4.09. The summed E-state index contributed by atoms with van der Waals surface area (Å²) in [7, 11) is 0. The lowest BCUT2D eigenvalue weighted by molar-refractivity contribution is -0.164. The SMILES string of the molecule is CC1(C(=O)OCCN2CCN(c3nc(N)nc4c3CCc3cc(OCc5ccc(Cl)cc5)ccc3-4)CC2)CN(C(=O)O)C1. The highest BCUT2D eigenvalue weighted by Gasteiger charge is 2.48. The molecular formula is C31H35ClN6O5. The van der Waals surface area contributed by atoms with Crippen LogP contribution in [0.1, 0.15) is 23.6 Å². The van der Waals surface area contributed by atoms with Crippen LogP contribution in [0.25, 0.3) is 11.3 Å². The minimum atomic E-state index is -1.01. The maximum atomic E-state index is 12.5. The highest BCUT2D eigenvalue weighted by molar-refractivity contribution is 6.30. The summed E-state index contributed by atoms with van der Waals surface area (Å²) in [4.78, 5) is 38.5. The number of benzene rings is 2. The minimum Gasteiger partial charge on any atom is -0.489 e. The van der Waals surface area contributed by atoms with E-state index in [1.165, 1.54) is 10.5 Å². The molecule has 1 amide bonds. The summed E-state index contributed by atoms with van der Waals surface area (Å²) in [5.41, 5.74) is 10.7. The fourth-order valence-electron chi connectivity index (χ4n) is 5.99. The first-order valence-corrected chi connectivity index (χ1v) is 14.9. The van der Waals surface area contributed by atoms with Gasteiger partial charge in [-0.1, -0.05) is 23.7 Å². The van der Waals surface area contributed by atoms with Gasteiger partial charge in [-0.2, -0.15) is 4.98 Å². The molecular weight excluding hydrogens is 572 g/mol. The van der Waals surface area contributed by atoms with Crippen molar-refractivity contribution in [2.75, 3.05) is 63.1 Å². The number of anilines is 2. The molecule has 3 aliphatic rings. The molecule has 6 rings (SSSR count). The molecule has 0 spiro atoms. The van der Waals surface area contributed by atoms with Gasteiger partial charge >= 0.3 is 12.1 Å². The number of likely N-dealkylation sites (tertiary alicyclic amines) is 1. The zero-order chi connectivity index (χ0) is 30.1. The van der Waals surface area contributed by atoms with Crippen LogP contribution in [0.5, 0.6) is 5.75 Å². The van der Waals surface area contributed by atoms with Gasteiger partial charge < -0.3 is 30.1 Å². The number of halogens is 1. The maximum absolute atomic E-state index is 12.5. The highest BCUT2D eigenvalue weighted by Crippen LogP contribution is 2.39. The van der Waals surface area contributed by atoms with Crippen LogP contribution in [0.3, 0.4) is 0 Å². The van der Waals surface area contributed by atoms with Gasteiger partial charge in [-0.15, -0.1) is 0 Å². The Labute approximate surface area is 255 Å². The van der Waals surface area contributed by atoms with E-state index in [0.717, 1.165) is 73.0 Å². The van der Waals surface area contributed by atoms with Gasteiger partial charge in [0.15, 0.2) is 0 Å². The Morgan fingerprint density at radius 3 is 2.51 bits per heavy atom. The number of piperazine rings is 1. The van der Waals surface area contributed by atoms with Crippen LogP contribution in [-0.2, 0) is 29.0 Å². The Bertz CT molecular complexity index is 1520. The zero-order valence-electron chi connectivity index (χ0n) is 24.1. The third-order valence-corrected chi connectivity index (χ3v) is 8.70. The van der Waals surface area contributed by atoms with Crippen LogP contribution < -0.4 is 15.4 Å². The number of hydrogen-bond acceptors (Lipinski definition) is 9. The first-order valence-electron chi connectivity index (χ1n) is 14.5. The van der Waals surface area contributed by atoms with Crippen molar-refractivity contribution >= 4 is 35.4 Å². The predicted molar refractivity (Wildman–Crippen MR) is 162 cm³/mol. The van der Waals surface area contributed by atoms with Crippen LogP contribution in [0.15, 0.2) is 42.5 Å². The Morgan fingerprint density at radius 2 is 1.79 bits per heavy atom. The normalized spacial score (nSPS) is 17.4. The van der Waals surface area contributed by atoms with Gasteiger partial charge in [0.2, 0.25) is 5.95 Å². The molecule has 2 saturated heterocycles. The standard InChI is InChI=1S/C31H35ClN6O5/c1-31(18-38(19-31)30(40)41)28(39)42-15-14-36-10-12-37(13-11-36)27-25-8-4-21-16-23(43-17-20-2-5-22(32)6-3-20)7-9-24(21)26(25)34-29(33)35-27/h2-3,5-7,9,16H,4,8,10-15,17-19H2,1H3,(H,40,41)(H2,33,34,35). The van der Waals surface area contributed by atoms with E-state index in [0.29, 0.717) is 18.2 Å². The summed E-state index contributed by atoms with van der Waals surface area (Å²) in [5, 5.41) is 9.73. The fraction of sp³-hybridized carbons (Fsp3) is 0.419. The van der Waals surface area contributed by atoms with Crippen molar-refractivity contribution in [3.05, 3.63) is 64.2 Å². The number of hydrogen-bond donors (Lipinski definition) is 2. The predicted octanol–water partition coefficient (Wildman–Crippen LogP) is 3.72. The van der Waals surface area contributed by atoms with Crippen LogP contribution in [0.4, 0.5) is 16.6 Å². The van der Waals surface area contributed by atoms with Gasteiger partial charge in [0.25, 0.3) is 0 Å². The summed E-state index contributed by atoms with van der Waals surface area (Å²) < 4.78 is 11.6. The molecule has 3 N–H and O–H groups in total. The van der Waals surface area contributed by atoms with Crippen molar-refractivity contribution in [1.82, 2.24) is 19.8 Å². The van der Waals surface area contributed by atoms with Crippen molar-refractivity contribution < 1.29 is 24.2 Å². The number of esters is 1. The summed E-state index contributed by atoms with van der Waals surface area (Å²) >= 11 is 5.99. The largest absolute Gasteiger partial charge is 0.489 e. The van der Waals surface area contributed by atoms with Gasteiger partial charge in [0, 0.05) is 62.0 Å². The number of aryl methyl sites for hydroxylation is 1. The molecule has 43 heavy (non-hydrogen) atoms. The monoisotopic (exact) mass is 606 g/mol. The third kappa shape index (κ3) is 6.18. The second-order valence-corrected chi connectivity index (χ2v) is 12.1. The van der Waals surface area contributed by atoms with E-state index in [1.54, 1.807) is 6.92 Å². The summed E-state index contributed by atoms with van der Waals surface area (Å²) in [6, 6.07) is 13.8. The molecule has 12 heteroatoms. The average molecular weight is 607 g/mol. The fourth-order valence-corrected chi connectivity index (χ4v) is 6.12. The van der Waals surface area contributed by atoms with E-state index < -0.39 is 11.5 Å². The Kier molecular flexibility index (Phi) is 8.02. The number of amides is 1. The third-order valence-electron chi connectivity index (χ3n) is 8.45. The number of aromatic nitrogens is 2. The maximum Gasteiger partial charge on any atom is 0.407 e. The van der Waals surface area contributed by atoms with E-state index in [4.69, 9.17) is 31.9 Å². The van der Waals surface area contributed by atoms with Crippen LogP contribution >= 0.6 is 11.6 Å². The van der Waals surface area contributed by atoms with E-state index >= 15 is 0 Å². The lowest BCUT2D eigenvalue weighted by atomic mass is 9.82. The van der Waals surface area contributed by atoms with Crippen molar-refractivity contribution in [2.45, 2.75) is 26.4 Å². The Balaban J connectivity index is 1.05. The number of rotatable bonds is 8. The van der Waals surface area contributed by atoms with Gasteiger partial charge in [0.1, 0.15) is 30.2 Å². The number of carbonyl (C=O) groups excluding carboxylic acids is 1. The van der Waals surface area contributed by atoms with E-state index in [9.17, 15) is 9.59 Å². The molecule has 11 nitrogen and oxygen atoms in total. The van der Waals surface area contributed by atoms with Crippen LogP contribution in [-0.4, -0.2) is 89.4 Å². The molecule has 2 aromatic carbocycles. The molecule has 1 aromatic heterocycles. The molecule has 0 radical (unpaired) electrons. The average Bonchev–Trinajstić information content (AvgIpc) is 2.98. The molecule has 3 heterocycles. The zero-order valence-corrected chi connectivity index (χ0v) is 24.8. The van der Waals surface area contributed by atoms with Crippen LogP contribution in [0, 0.1) is 5.41 Å². The number of carboxylic acid groups (broad SMARTS) is 1. The van der Waals surface area contributed by atoms with E-state index in [1.807, 2.05) is 30.3 Å². The molecule has 0 atom stereocenters. The quantitative estimate of drug-likeness (QED) is 0.365. The molecule has 3 aromatic rings. The van der Waals surface area contributed by atoms with E-state index in [-0.39, 0.29) is 31.6 Å². The van der Waals surface area contributed by atoms with Gasteiger partial charge in [-0.05, 0) is 61.2 Å². The lowest BCUT2D eigenvalue weighted by Crippen LogP contribution is -2.60. The summed E-state index contributed by atoms with van der Waals surface area (Å²) in [5.74, 6) is 1.62. The number of fused-ring (bicyclic) bond motifs is 3. The number of ether oxygens (including phenoxy) is 2. The smallest absolute Gasteiger partial charge is 0.407 e. The molecule has 0 bridgehead atoms. The summed E-state index contributed by atoms with van der Waals surface area (Å²) in [6.07, 6.45) is 0.659. The molecule has 2 fully saturated rings.